The van der Waals surface area contributed by atoms with Crippen molar-refractivity contribution in [2.45, 2.75) is 13.0 Å². The highest BCUT2D eigenvalue weighted by molar-refractivity contribution is 9.10. The molecule has 3 heterocycles. The number of rotatable bonds is 5. The first-order valence-electron chi connectivity index (χ1n) is 10.6. The number of furan rings is 1. The molecule has 2 amide bonds. The number of anilines is 2. The van der Waals surface area contributed by atoms with Gasteiger partial charge in [-0.15, -0.1) is 0 Å². The number of aliphatic hydroxyl groups is 1. The van der Waals surface area contributed by atoms with Gasteiger partial charge in [0.05, 0.1) is 11.3 Å². The third kappa shape index (κ3) is 4.10. The summed E-state index contributed by atoms with van der Waals surface area (Å²) in [6.45, 7) is 1.39. The van der Waals surface area contributed by atoms with Crippen LogP contribution in [0.4, 0.5) is 11.4 Å². The number of ketones is 1. The van der Waals surface area contributed by atoms with Crippen molar-refractivity contribution in [1.82, 2.24) is 4.98 Å². The molecule has 5 rings (SSSR count). The highest BCUT2D eigenvalue weighted by Gasteiger charge is 2.46. The Morgan fingerprint density at radius 2 is 1.86 bits per heavy atom. The molecule has 2 aromatic heterocycles. The zero-order valence-corrected chi connectivity index (χ0v) is 19.9. The molecule has 8 nitrogen and oxygen atoms in total. The van der Waals surface area contributed by atoms with Crippen LogP contribution in [-0.4, -0.2) is 27.7 Å². The summed E-state index contributed by atoms with van der Waals surface area (Å²) < 4.78 is 6.57. The maximum Gasteiger partial charge on any atom is 0.294 e. The minimum absolute atomic E-state index is 0.00348. The number of carbonyl (C=O) groups is 3. The normalized spacial score (nSPS) is 15.7. The van der Waals surface area contributed by atoms with Gasteiger partial charge < -0.3 is 14.8 Å². The molecular formula is C26H18BrN3O5. The van der Waals surface area contributed by atoms with Gasteiger partial charge in [0.25, 0.3) is 5.91 Å². The van der Waals surface area contributed by atoms with E-state index in [0.717, 1.165) is 4.47 Å². The molecule has 1 atom stereocenters. The maximum absolute atomic E-state index is 13.6. The summed E-state index contributed by atoms with van der Waals surface area (Å²) in [4.78, 5) is 43.9. The van der Waals surface area contributed by atoms with Crippen molar-refractivity contribution in [3.05, 3.63) is 100 Å². The SMILES string of the molecule is CC(=O)Nc1ccc(N2C(=O)C(O)=C(C(=O)c3cc4cc(Br)ccc4o3)C2c2ccccn2)cc1. The summed E-state index contributed by atoms with van der Waals surface area (Å²) in [5.74, 6) is -2.26. The standard InChI is InChI=1S/C26H18BrN3O5/c1-14(31)29-17-6-8-18(9-7-17)30-23(19-4-2-3-11-28-19)22(25(33)26(30)34)24(32)21-13-15-12-16(27)5-10-20(15)35-21/h2-13,23,33H,1H3,(H,29,31). The number of aliphatic hydroxyl groups excluding tert-OH is 1. The lowest BCUT2D eigenvalue weighted by atomic mass is 9.98. The van der Waals surface area contributed by atoms with Crippen molar-refractivity contribution in [2.24, 2.45) is 0 Å². The van der Waals surface area contributed by atoms with Crippen LogP contribution < -0.4 is 10.2 Å². The van der Waals surface area contributed by atoms with E-state index >= 15 is 0 Å². The van der Waals surface area contributed by atoms with E-state index in [4.69, 9.17) is 4.42 Å². The van der Waals surface area contributed by atoms with Crippen molar-refractivity contribution in [3.63, 3.8) is 0 Å². The molecule has 0 fully saturated rings. The fourth-order valence-corrected chi connectivity index (χ4v) is 4.47. The van der Waals surface area contributed by atoms with Crippen molar-refractivity contribution < 1.29 is 23.9 Å². The first kappa shape index (κ1) is 22.5. The van der Waals surface area contributed by atoms with Gasteiger partial charge in [0.2, 0.25) is 11.7 Å². The molecule has 0 radical (unpaired) electrons. The monoisotopic (exact) mass is 531 g/mol. The Kier molecular flexibility index (Phi) is 5.70. The molecule has 4 aromatic rings. The van der Waals surface area contributed by atoms with Gasteiger partial charge in [-0.3, -0.25) is 24.3 Å². The topological polar surface area (TPSA) is 113 Å². The molecular weight excluding hydrogens is 514 g/mol. The van der Waals surface area contributed by atoms with E-state index in [9.17, 15) is 19.5 Å². The van der Waals surface area contributed by atoms with Gasteiger partial charge in [-0.25, -0.2) is 0 Å². The van der Waals surface area contributed by atoms with Gasteiger partial charge >= 0.3 is 0 Å². The fourth-order valence-electron chi connectivity index (χ4n) is 4.09. The molecule has 0 aliphatic carbocycles. The van der Waals surface area contributed by atoms with E-state index in [1.165, 1.54) is 11.8 Å². The second kappa shape index (κ2) is 8.84. The van der Waals surface area contributed by atoms with Gasteiger partial charge in [0.1, 0.15) is 11.6 Å². The smallest absolute Gasteiger partial charge is 0.294 e. The number of hydrogen-bond donors (Lipinski definition) is 2. The average molecular weight is 532 g/mol. The quantitative estimate of drug-likeness (QED) is 0.336. The van der Waals surface area contributed by atoms with Crippen LogP contribution >= 0.6 is 15.9 Å². The number of aromatic nitrogens is 1. The third-order valence-electron chi connectivity index (χ3n) is 5.59. The van der Waals surface area contributed by atoms with Crippen LogP contribution in [0.3, 0.4) is 0 Å². The summed E-state index contributed by atoms with van der Waals surface area (Å²) in [5, 5.41) is 14.2. The molecule has 35 heavy (non-hydrogen) atoms. The van der Waals surface area contributed by atoms with E-state index in [0.29, 0.717) is 28.0 Å². The lowest BCUT2D eigenvalue weighted by Crippen LogP contribution is -2.31. The minimum atomic E-state index is -0.984. The Bertz CT molecular complexity index is 1510. The Morgan fingerprint density at radius 1 is 1.09 bits per heavy atom. The van der Waals surface area contributed by atoms with Crippen LogP contribution in [0.2, 0.25) is 0 Å². The second-order valence-electron chi connectivity index (χ2n) is 7.94. The van der Waals surface area contributed by atoms with Crippen molar-refractivity contribution in [3.8, 4) is 0 Å². The first-order valence-corrected chi connectivity index (χ1v) is 11.4. The van der Waals surface area contributed by atoms with E-state index in [-0.39, 0.29) is 17.2 Å². The van der Waals surface area contributed by atoms with Crippen LogP contribution in [0.25, 0.3) is 11.0 Å². The minimum Gasteiger partial charge on any atom is -0.503 e. The Labute approximate surface area is 208 Å². The summed E-state index contributed by atoms with van der Waals surface area (Å²) in [5.41, 5.74) is 1.74. The summed E-state index contributed by atoms with van der Waals surface area (Å²) in [6.07, 6.45) is 1.55. The molecule has 1 aliphatic rings. The number of hydrogen-bond acceptors (Lipinski definition) is 6. The van der Waals surface area contributed by atoms with E-state index in [1.807, 2.05) is 6.07 Å². The number of halogens is 1. The number of pyridine rings is 1. The molecule has 0 saturated heterocycles. The average Bonchev–Trinajstić information content (AvgIpc) is 3.38. The van der Waals surface area contributed by atoms with E-state index in [2.05, 4.69) is 26.2 Å². The molecule has 9 heteroatoms. The first-order chi connectivity index (χ1) is 16.8. The van der Waals surface area contributed by atoms with Gasteiger partial charge in [0, 0.05) is 34.4 Å². The highest BCUT2D eigenvalue weighted by Crippen LogP contribution is 2.42. The van der Waals surface area contributed by atoms with Gasteiger partial charge in [-0.2, -0.15) is 0 Å². The van der Waals surface area contributed by atoms with Crippen molar-refractivity contribution in [2.75, 3.05) is 10.2 Å². The number of fused-ring (bicyclic) bond motifs is 1. The van der Waals surface area contributed by atoms with Crippen molar-refractivity contribution >= 4 is 55.9 Å². The van der Waals surface area contributed by atoms with Crippen LogP contribution in [0.5, 0.6) is 0 Å². The van der Waals surface area contributed by atoms with Crippen LogP contribution in [0.15, 0.2) is 93.1 Å². The predicted molar refractivity (Wildman–Crippen MR) is 133 cm³/mol. The van der Waals surface area contributed by atoms with Crippen LogP contribution in [0.1, 0.15) is 29.2 Å². The number of amides is 2. The summed E-state index contributed by atoms with van der Waals surface area (Å²) in [6, 6.07) is 17.6. The number of Topliss-reactive ketones (excluding diaryl/α,β-unsaturated/α-hetero) is 1. The van der Waals surface area contributed by atoms with Gasteiger partial charge in [0.15, 0.2) is 11.5 Å². The van der Waals surface area contributed by atoms with Crippen LogP contribution in [0, 0.1) is 0 Å². The molecule has 0 saturated carbocycles. The zero-order chi connectivity index (χ0) is 24.7. The number of benzene rings is 2. The molecule has 0 spiro atoms. The highest BCUT2D eigenvalue weighted by atomic mass is 79.9. The number of carbonyl (C=O) groups excluding carboxylic acids is 3. The van der Waals surface area contributed by atoms with E-state index in [1.54, 1.807) is 66.9 Å². The fraction of sp³-hybridized carbons (Fsp3) is 0.0769. The maximum atomic E-state index is 13.6. The number of nitrogens with zero attached hydrogens (tertiary/aromatic N) is 2. The molecule has 1 unspecified atom stereocenters. The predicted octanol–water partition coefficient (Wildman–Crippen LogP) is 5.33. The van der Waals surface area contributed by atoms with E-state index < -0.39 is 23.5 Å². The lowest BCUT2D eigenvalue weighted by Gasteiger charge is -2.26. The van der Waals surface area contributed by atoms with Crippen LogP contribution in [-0.2, 0) is 9.59 Å². The molecule has 174 valence electrons. The van der Waals surface area contributed by atoms with Gasteiger partial charge in [-0.1, -0.05) is 22.0 Å². The number of nitrogens with one attached hydrogen (secondary N) is 1. The Hall–Kier alpha value is -4.24. The Morgan fingerprint density at radius 3 is 2.54 bits per heavy atom. The Balaban J connectivity index is 1.59. The largest absolute Gasteiger partial charge is 0.503 e. The summed E-state index contributed by atoms with van der Waals surface area (Å²) in [7, 11) is 0. The lowest BCUT2D eigenvalue weighted by molar-refractivity contribution is -0.117. The molecule has 2 aromatic carbocycles. The molecule has 0 bridgehead atoms. The molecule has 2 N–H and O–H groups in total. The third-order valence-corrected chi connectivity index (χ3v) is 6.08. The van der Waals surface area contributed by atoms with Gasteiger partial charge in [-0.05, 0) is 60.7 Å². The summed E-state index contributed by atoms with van der Waals surface area (Å²) >= 11 is 3.40. The van der Waals surface area contributed by atoms with Crippen molar-refractivity contribution in [1.29, 1.82) is 0 Å². The zero-order valence-electron chi connectivity index (χ0n) is 18.4. The second-order valence-corrected chi connectivity index (χ2v) is 8.86. The molecule has 1 aliphatic heterocycles.